The van der Waals surface area contributed by atoms with Gasteiger partial charge in [0.25, 0.3) is 0 Å². The fraction of sp³-hybridized carbons (Fsp3) is 0.548. The van der Waals surface area contributed by atoms with E-state index >= 15 is 0 Å². The van der Waals surface area contributed by atoms with Crippen LogP contribution in [0.5, 0.6) is 0 Å². The Labute approximate surface area is 387 Å². The monoisotopic (exact) mass is 857 g/mol. The lowest BCUT2D eigenvalue weighted by Gasteiger charge is -2.48. The quantitative estimate of drug-likeness (QED) is 0.254. The summed E-state index contributed by atoms with van der Waals surface area (Å²) in [6.07, 6.45) is 27.8. The van der Waals surface area contributed by atoms with Crippen LogP contribution in [0.3, 0.4) is 0 Å². The fourth-order valence-electron chi connectivity index (χ4n) is 14.1. The first kappa shape index (κ1) is 46.1. The molecule has 0 radical (unpaired) electrons. The maximum atomic E-state index is 2.88. The summed E-state index contributed by atoms with van der Waals surface area (Å²) in [6, 6.07) is 19.7. The van der Waals surface area contributed by atoms with Gasteiger partial charge in [0.2, 0.25) is 0 Å². The van der Waals surface area contributed by atoms with Crippen molar-refractivity contribution in [2.45, 2.75) is 170 Å². The first-order valence-electron chi connectivity index (χ1n) is 25.2. The summed E-state index contributed by atoms with van der Waals surface area (Å²) >= 11 is 0. The van der Waals surface area contributed by atoms with Gasteiger partial charge in [-0.1, -0.05) is 218 Å². The Morgan fingerprint density at radius 3 is 1.02 bits per heavy atom. The van der Waals surface area contributed by atoms with E-state index in [1.165, 1.54) is 60.8 Å². The number of hydrogen-bond donors (Lipinski definition) is 0. The molecule has 0 saturated heterocycles. The summed E-state index contributed by atoms with van der Waals surface area (Å²) in [5, 5.41) is 0. The molecule has 0 heterocycles. The van der Waals surface area contributed by atoms with Crippen LogP contribution in [0.4, 0.5) is 0 Å². The molecule has 2 saturated carbocycles. The molecule has 0 aliphatic heterocycles. The average Bonchev–Trinajstić information content (AvgIpc) is 3.76. The van der Waals surface area contributed by atoms with E-state index in [0.717, 1.165) is 0 Å². The summed E-state index contributed by atoms with van der Waals surface area (Å²) in [5.41, 5.74) is 20.8. The van der Waals surface area contributed by atoms with Crippen molar-refractivity contribution in [2.75, 3.05) is 0 Å². The maximum absolute atomic E-state index is 2.88. The first-order chi connectivity index (χ1) is 29.4. The SMILES string of the molecule is C[C@@H]1C[C@@H]2C(C3=CC=C(C(C)(C)C)CC3)=CC=C(c3ccc(C(C)(C)C)cc3)[C@@H]2C1[Si](C)(C)C1[C@H](C)C[C@@H]2C(C3=CC=C(C(C)(C)C)CC3)=CC=C(c3ccc(C(C)(C)C)cc3)[C@H]12. The third-order valence-corrected chi connectivity index (χ3v) is 22.7. The van der Waals surface area contributed by atoms with Crippen molar-refractivity contribution in [1.82, 2.24) is 0 Å². The van der Waals surface area contributed by atoms with Crippen LogP contribution in [0.15, 0.2) is 131 Å². The lowest BCUT2D eigenvalue weighted by atomic mass is 9.72. The summed E-state index contributed by atoms with van der Waals surface area (Å²) < 4.78 is 0. The van der Waals surface area contributed by atoms with Crippen molar-refractivity contribution in [3.8, 4) is 0 Å². The van der Waals surface area contributed by atoms with Crippen molar-refractivity contribution >= 4 is 19.2 Å². The van der Waals surface area contributed by atoms with Crippen LogP contribution in [0.2, 0.25) is 24.2 Å². The predicted octanol–water partition coefficient (Wildman–Crippen LogP) is 18.0. The molecule has 0 bridgehead atoms. The van der Waals surface area contributed by atoms with E-state index in [1.807, 2.05) is 0 Å². The van der Waals surface area contributed by atoms with Gasteiger partial charge in [-0.3, -0.25) is 0 Å². The molecule has 8 rings (SSSR count). The van der Waals surface area contributed by atoms with Crippen LogP contribution in [0.1, 0.15) is 158 Å². The van der Waals surface area contributed by atoms with E-state index in [0.29, 0.717) is 46.6 Å². The van der Waals surface area contributed by atoms with Crippen molar-refractivity contribution in [1.29, 1.82) is 0 Å². The minimum Gasteiger partial charge on any atom is -0.0689 e. The second kappa shape index (κ2) is 16.5. The van der Waals surface area contributed by atoms with Crippen LogP contribution in [-0.2, 0) is 10.8 Å². The Hall–Kier alpha value is -3.42. The molecule has 63 heavy (non-hydrogen) atoms. The molecule has 2 aromatic rings. The molecule has 0 nitrogen and oxygen atoms in total. The molecule has 1 heteroatoms. The number of benzene rings is 2. The Kier molecular flexibility index (Phi) is 12.1. The van der Waals surface area contributed by atoms with Gasteiger partial charge in [0.1, 0.15) is 0 Å². The highest BCUT2D eigenvalue weighted by Gasteiger charge is 2.60. The van der Waals surface area contributed by atoms with Crippen LogP contribution >= 0.6 is 0 Å². The zero-order valence-electron chi connectivity index (χ0n) is 42.6. The van der Waals surface area contributed by atoms with Gasteiger partial charge < -0.3 is 0 Å². The predicted molar refractivity (Wildman–Crippen MR) is 279 cm³/mol. The second-order valence-corrected chi connectivity index (χ2v) is 30.9. The number of fused-ring (bicyclic) bond motifs is 2. The Morgan fingerprint density at radius 1 is 0.397 bits per heavy atom. The molecule has 0 N–H and O–H groups in total. The van der Waals surface area contributed by atoms with Crippen LogP contribution < -0.4 is 0 Å². The molecule has 2 fully saturated rings. The van der Waals surface area contributed by atoms with Crippen molar-refractivity contribution in [3.63, 3.8) is 0 Å². The molecule has 6 aliphatic rings. The van der Waals surface area contributed by atoms with E-state index in [-0.39, 0.29) is 21.7 Å². The highest BCUT2D eigenvalue weighted by molar-refractivity contribution is 6.80. The standard InChI is InChI=1S/C62H84Si/c1-39-37-53-49(41-17-25-45(26-18-41)59(3,4)5)33-35-51(43-21-29-47(30-22-43)61(9,10)11)55(53)57(39)63(15,16)58-40(2)38-54-50(42-19-27-46(28-20-42)60(6,7)8)34-36-52(56(54)58)44-23-31-48(32-24-44)62(12,13)14/h17,19,21-25,27,29-36,39-40,53-58H,18,20,26,28,37-38H2,1-16H3/t39-,40-,53-,54-,55+,56+,57?,58?/m1/s1. The minimum atomic E-state index is -2.04. The van der Waals surface area contributed by atoms with E-state index in [1.54, 1.807) is 44.6 Å². The van der Waals surface area contributed by atoms with E-state index in [2.05, 4.69) is 207 Å². The first-order valence-corrected chi connectivity index (χ1v) is 28.4. The Bertz CT molecular complexity index is 2160. The van der Waals surface area contributed by atoms with Crippen molar-refractivity contribution < 1.29 is 0 Å². The topological polar surface area (TPSA) is 0 Å². The third kappa shape index (κ3) is 8.73. The van der Waals surface area contributed by atoms with E-state index in [4.69, 9.17) is 0 Å². The molecule has 336 valence electrons. The summed E-state index contributed by atoms with van der Waals surface area (Å²) in [4.78, 5) is 0. The number of rotatable bonds is 6. The zero-order chi connectivity index (χ0) is 45.6. The van der Waals surface area contributed by atoms with Gasteiger partial charge in [0.15, 0.2) is 0 Å². The molecular weight excluding hydrogens is 773 g/mol. The molecule has 8 atom stereocenters. The highest BCUT2D eigenvalue weighted by atomic mass is 28.3. The number of hydrogen-bond acceptors (Lipinski definition) is 0. The largest absolute Gasteiger partial charge is 0.0689 e. The fourth-order valence-corrected chi connectivity index (χ4v) is 20.4. The van der Waals surface area contributed by atoms with Crippen molar-refractivity contribution in [3.05, 3.63) is 153 Å². The lowest BCUT2D eigenvalue weighted by molar-refractivity contribution is 0.475. The molecule has 0 aromatic heterocycles. The molecule has 2 aromatic carbocycles. The van der Waals surface area contributed by atoms with Gasteiger partial charge in [0.05, 0.1) is 8.07 Å². The van der Waals surface area contributed by atoms with Crippen LogP contribution in [0.25, 0.3) is 11.1 Å². The van der Waals surface area contributed by atoms with Crippen LogP contribution in [0, 0.1) is 46.3 Å². The zero-order valence-corrected chi connectivity index (χ0v) is 43.6. The highest BCUT2D eigenvalue weighted by Crippen LogP contribution is 2.68. The van der Waals surface area contributed by atoms with E-state index in [9.17, 15) is 0 Å². The Morgan fingerprint density at radius 2 is 0.730 bits per heavy atom. The minimum absolute atomic E-state index is 0.140. The molecular formula is C62H84Si. The van der Waals surface area contributed by atoms with Gasteiger partial charge in [0, 0.05) is 0 Å². The van der Waals surface area contributed by atoms with Gasteiger partial charge in [-0.2, -0.15) is 0 Å². The van der Waals surface area contributed by atoms with Gasteiger partial charge in [-0.05, 0) is 162 Å². The van der Waals surface area contributed by atoms with Gasteiger partial charge in [-0.25, -0.2) is 0 Å². The van der Waals surface area contributed by atoms with Crippen LogP contribution in [-0.4, -0.2) is 8.07 Å². The summed E-state index contributed by atoms with van der Waals surface area (Å²) in [5.74, 6) is 3.58. The summed E-state index contributed by atoms with van der Waals surface area (Å²) in [7, 11) is -2.04. The molecule has 0 amide bonds. The molecule has 2 unspecified atom stereocenters. The molecule has 0 spiro atoms. The lowest BCUT2D eigenvalue weighted by Crippen LogP contribution is -2.47. The van der Waals surface area contributed by atoms with E-state index < -0.39 is 8.07 Å². The maximum Gasteiger partial charge on any atom is 0.0553 e. The number of allylic oxidation sites excluding steroid dienone is 16. The average molecular weight is 857 g/mol. The summed E-state index contributed by atoms with van der Waals surface area (Å²) in [6.45, 7) is 39.5. The van der Waals surface area contributed by atoms with Crippen molar-refractivity contribution in [2.24, 2.45) is 46.3 Å². The molecule has 6 aliphatic carbocycles. The smallest absolute Gasteiger partial charge is 0.0553 e. The second-order valence-electron chi connectivity index (χ2n) is 26.0. The van der Waals surface area contributed by atoms with Gasteiger partial charge in [-0.15, -0.1) is 0 Å². The van der Waals surface area contributed by atoms with Gasteiger partial charge >= 0.3 is 0 Å². The third-order valence-electron chi connectivity index (χ3n) is 17.4. The normalized spacial score (nSPS) is 29.3. The Balaban J connectivity index is 1.23.